The number of aliphatic hydroxyl groups is 1. The van der Waals surface area contributed by atoms with Crippen LogP contribution in [-0.2, 0) is 11.4 Å². The molecule has 2 aromatic carbocycles. The molecule has 0 unspecified atom stereocenters. The maximum absolute atomic E-state index is 11.9. The third kappa shape index (κ3) is 6.12. The van der Waals surface area contributed by atoms with Crippen molar-refractivity contribution < 1.29 is 19.4 Å². The van der Waals surface area contributed by atoms with Gasteiger partial charge in [0, 0.05) is 30.9 Å². The second kappa shape index (κ2) is 12.1. The SMILES string of the molecule is O=C(CO)N1CCC[C@H](COc2cccc3ncnc(Nc4ccc(OCc5ccccn5)c(Cl)c4)c23)C1. The van der Waals surface area contributed by atoms with Gasteiger partial charge in [-0.05, 0) is 55.3 Å². The number of hydrogen-bond acceptors (Lipinski definition) is 8. The number of aromatic nitrogens is 3. The van der Waals surface area contributed by atoms with E-state index >= 15 is 0 Å². The Morgan fingerprint density at radius 1 is 1.08 bits per heavy atom. The van der Waals surface area contributed by atoms with Gasteiger partial charge >= 0.3 is 0 Å². The Kier molecular flexibility index (Phi) is 8.15. The monoisotopic (exact) mass is 533 g/mol. The molecule has 196 valence electrons. The minimum Gasteiger partial charge on any atom is -0.492 e. The van der Waals surface area contributed by atoms with Gasteiger partial charge in [-0.3, -0.25) is 9.78 Å². The highest BCUT2D eigenvalue weighted by Crippen LogP contribution is 2.34. The van der Waals surface area contributed by atoms with E-state index in [0.29, 0.717) is 48.6 Å². The number of nitrogens with one attached hydrogen (secondary N) is 1. The molecule has 0 saturated carbocycles. The summed E-state index contributed by atoms with van der Waals surface area (Å²) in [6, 6.07) is 16.8. The van der Waals surface area contributed by atoms with Gasteiger partial charge in [0.25, 0.3) is 0 Å². The molecule has 1 saturated heterocycles. The highest BCUT2D eigenvalue weighted by molar-refractivity contribution is 6.32. The molecule has 9 nitrogen and oxygen atoms in total. The van der Waals surface area contributed by atoms with Crippen LogP contribution in [0.1, 0.15) is 18.5 Å². The van der Waals surface area contributed by atoms with Crippen LogP contribution in [0.2, 0.25) is 5.02 Å². The van der Waals surface area contributed by atoms with Crippen molar-refractivity contribution in [2.24, 2.45) is 5.92 Å². The van der Waals surface area contributed by atoms with E-state index < -0.39 is 6.61 Å². The molecule has 10 heteroatoms. The topological polar surface area (TPSA) is 110 Å². The van der Waals surface area contributed by atoms with E-state index in [9.17, 15) is 9.90 Å². The van der Waals surface area contributed by atoms with Crippen LogP contribution in [0, 0.1) is 5.92 Å². The van der Waals surface area contributed by atoms with E-state index in [4.69, 9.17) is 21.1 Å². The van der Waals surface area contributed by atoms with Crippen molar-refractivity contribution in [1.82, 2.24) is 19.9 Å². The molecule has 2 N–H and O–H groups in total. The molecular formula is C28H28ClN5O4. The number of amides is 1. The average Bonchev–Trinajstić information content (AvgIpc) is 2.96. The Morgan fingerprint density at radius 2 is 2.00 bits per heavy atom. The highest BCUT2D eigenvalue weighted by atomic mass is 35.5. The lowest BCUT2D eigenvalue weighted by Crippen LogP contribution is -2.42. The Balaban J connectivity index is 1.30. The second-order valence-corrected chi connectivity index (χ2v) is 9.48. The Labute approximate surface area is 225 Å². The molecule has 0 radical (unpaired) electrons. The van der Waals surface area contributed by atoms with Crippen molar-refractivity contribution >= 4 is 39.9 Å². The van der Waals surface area contributed by atoms with E-state index in [0.717, 1.165) is 35.1 Å². The van der Waals surface area contributed by atoms with Gasteiger partial charge in [-0.15, -0.1) is 0 Å². The van der Waals surface area contributed by atoms with Crippen LogP contribution in [0.25, 0.3) is 10.9 Å². The number of carbonyl (C=O) groups excluding carboxylic acids is 1. The number of carbonyl (C=O) groups is 1. The van der Waals surface area contributed by atoms with Gasteiger partial charge in [-0.25, -0.2) is 9.97 Å². The smallest absolute Gasteiger partial charge is 0.248 e. The van der Waals surface area contributed by atoms with Gasteiger partial charge in [-0.2, -0.15) is 0 Å². The summed E-state index contributed by atoms with van der Waals surface area (Å²) in [6.45, 7) is 1.53. The number of fused-ring (bicyclic) bond motifs is 1. The molecule has 1 aliphatic rings. The summed E-state index contributed by atoms with van der Waals surface area (Å²) in [5.74, 6) is 1.72. The van der Waals surface area contributed by atoms with Gasteiger partial charge in [0.1, 0.15) is 36.9 Å². The summed E-state index contributed by atoms with van der Waals surface area (Å²) in [5.41, 5.74) is 2.29. The summed E-state index contributed by atoms with van der Waals surface area (Å²) in [6.07, 6.45) is 5.06. The molecule has 5 rings (SSSR count). The number of piperidine rings is 1. The van der Waals surface area contributed by atoms with E-state index in [2.05, 4.69) is 20.3 Å². The first-order chi connectivity index (χ1) is 18.6. The quantitative estimate of drug-likeness (QED) is 0.321. The maximum atomic E-state index is 11.9. The van der Waals surface area contributed by atoms with Crippen molar-refractivity contribution in [3.63, 3.8) is 0 Å². The molecule has 0 spiro atoms. The lowest BCUT2D eigenvalue weighted by Gasteiger charge is -2.32. The summed E-state index contributed by atoms with van der Waals surface area (Å²) in [4.78, 5) is 26.7. The second-order valence-electron chi connectivity index (χ2n) is 9.07. The Bertz CT molecular complexity index is 1400. The largest absolute Gasteiger partial charge is 0.492 e. The van der Waals surface area contributed by atoms with Gasteiger partial charge in [-0.1, -0.05) is 23.7 Å². The highest BCUT2D eigenvalue weighted by Gasteiger charge is 2.24. The molecule has 1 amide bonds. The van der Waals surface area contributed by atoms with Crippen molar-refractivity contribution in [3.8, 4) is 11.5 Å². The zero-order valence-electron chi connectivity index (χ0n) is 20.7. The first-order valence-corrected chi connectivity index (χ1v) is 12.8. The molecular weight excluding hydrogens is 506 g/mol. The summed E-state index contributed by atoms with van der Waals surface area (Å²) in [7, 11) is 0. The number of nitrogens with zero attached hydrogens (tertiary/aromatic N) is 4. The summed E-state index contributed by atoms with van der Waals surface area (Å²) >= 11 is 6.51. The fraction of sp³-hybridized carbons (Fsp3) is 0.286. The lowest BCUT2D eigenvalue weighted by atomic mass is 9.99. The van der Waals surface area contributed by atoms with Crippen molar-refractivity contribution in [2.45, 2.75) is 19.4 Å². The number of anilines is 2. The number of halogens is 1. The lowest BCUT2D eigenvalue weighted by molar-refractivity contribution is -0.136. The molecule has 0 bridgehead atoms. The molecule has 38 heavy (non-hydrogen) atoms. The van der Waals surface area contributed by atoms with Gasteiger partial charge < -0.3 is 24.8 Å². The summed E-state index contributed by atoms with van der Waals surface area (Å²) in [5, 5.41) is 13.7. The first kappa shape index (κ1) is 25.7. The Morgan fingerprint density at radius 3 is 2.82 bits per heavy atom. The van der Waals surface area contributed by atoms with E-state index in [1.165, 1.54) is 6.33 Å². The number of aliphatic hydroxyl groups excluding tert-OH is 1. The normalized spacial score (nSPS) is 15.3. The summed E-state index contributed by atoms with van der Waals surface area (Å²) < 4.78 is 12.1. The number of hydrogen-bond donors (Lipinski definition) is 2. The Hall–Kier alpha value is -3.95. The van der Waals surface area contributed by atoms with Crippen LogP contribution in [0.3, 0.4) is 0 Å². The third-order valence-corrected chi connectivity index (χ3v) is 6.70. The van der Waals surface area contributed by atoms with Crippen molar-refractivity contribution in [1.29, 1.82) is 0 Å². The average molecular weight is 534 g/mol. The number of pyridine rings is 1. The molecule has 0 aliphatic carbocycles. The third-order valence-electron chi connectivity index (χ3n) is 6.40. The number of ether oxygens (including phenoxy) is 2. The van der Waals surface area contributed by atoms with Gasteiger partial charge in [0.2, 0.25) is 5.91 Å². The van der Waals surface area contributed by atoms with Crippen LogP contribution < -0.4 is 14.8 Å². The standard InChI is InChI=1S/C28H28ClN5O4/c29-22-13-20(9-10-24(22)38-17-21-6-1-2-11-30-21)33-28-27-23(31-18-32-28)7-3-8-25(27)37-16-19-5-4-12-34(14-19)26(36)15-35/h1-3,6-11,13,18-19,35H,4-5,12,14-17H2,(H,31,32,33)/t19-/m0/s1. The maximum Gasteiger partial charge on any atom is 0.248 e. The van der Waals surface area contributed by atoms with Crippen LogP contribution in [-0.4, -0.2) is 57.2 Å². The van der Waals surface area contributed by atoms with Gasteiger partial charge in [0.15, 0.2) is 0 Å². The molecule has 1 fully saturated rings. The number of likely N-dealkylation sites (tertiary alicyclic amines) is 1. The number of benzene rings is 2. The number of rotatable bonds is 9. The van der Waals surface area contributed by atoms with E-state index in [1.54, 1.807) is 23.2 Å². The van der Waals surface area contributed by atoms with Crippen molar-refractivity contribution in [3.05, 3.63) is 77.8 Å². The predicted molar refractivity (Wildman–Crippen MR) is 145 cm³/mol. The molecule has 3 heterocycles. The van der Waals surface area contributed by atoms with E-state index in [-0.39, 0.29) is 11.8 Å². The van der Waals surface area contributed by atoms with Crippen molar-refractivity contribution in [2.75, 3.05) is 31.6 Å². The minimum atomic E-state index is -0.468. The fourth-order valence-corrected chi connectivity index (χ4v) is 4.73. The zero-order chi connectivity index (χ0) is 26.3. The molecule has 1 aliphatic heterocycles. The minimum absolute atomic E-state index is 0.174. The molecule has 2 aromatic heterocycles. The first-order valence-electron chi connectivity index (χ1n) is 12.4. The van der Waals surface area contributed by atoms with Gasteiger partial charge in [0.05, 0.1) is 28.2 Å². The van der Waals surface area contributed by atoms with E-state index in [1.807, 2.05) is 42.5 Å². The van der Waals surface area contributed by atoms with Crippen LogP contribution in [0.4, 0.5) is 11.5 Å². The molecule has 1 atom stereocenters. The van der Waals surface area contributed by atoms with Crippen LogP contribution in [0.15, 0.2) is 67.1 Å². The zero-order valence-corrected chi connectivity index (χ0v) is 21.5. The van der Waals surface area contributed by atoms with Crippen LogP contribution in [0.5, 0.6) is 11.5 Å². The predicted octanol–water partition coefficient (Wildman–Crippen LogP) is 4.61. The molecule has 4 aromatic rings. The van der Waals surface area contributed by atoms with Crippen LogP contribution >= 0.6 is 11.6 Å². The fourth-order valence-electron chi connectivity index (χ4n) is 4.50.